The average Bonchev–Trinajstić information content (AvgIpc) is 2.41. The number of ether oxygens (including phenoxy) is 1. The highest BCUT2D eigenvalue weighted by atomic mass is 16.6. The lowest BCUT2D eigenvalue weighted by atomic mass is 10.1. The predicted molar refractivity (Wildman–Crippen MR) is 71.0 cm³/mol. The van der Waals surface area contributed by atoms with E-state index in [4.69, 9.17) is 4.74 Å². The number of aryl methyl sites for hydroxylation is 1. The van der Waals surface area contributed by atoms with Crippen LogP contribution in [0.4, 0.5) is 11.4 Å². The molecule has 20 heavy (non-hydrogen) atoms. The van der Waals surface area contributed by atoms with Crippen molar-refractivity contribution in [1.82, 2.24) is 0 Å². The van der Waals surface area contributed by atoms with E-state index in [-0.39, 0.29) is 11.4 Å². The topological polar surface area (TPSA) is 95.5 Å². The molecule has 0 fully saturated rings. The van der Waals surface area contributed by atoms with Crippen LogP contribution in [0.1, 0.15) is 5.56 Å². The van der Waals surface area contributed by atoms with Crippen LogP contribution in [0.25, 0.3) is 0 Å². The molecule has 0 radical (unpaired) electrons. The van der Waals surface area contributed by atoms with Crippen molar-refractivity contribution in [1.29, 1.82) is 0 Å². The van der Waals surface area contributed by atoms with Crippen LogP contribution in [0.2, 0.25) is 0 Å². The molecule has 2 aromatic rings. The Morgan fingerprint density at radius 2 is 1.65 bits per heavy atom. The molecule has 7 heteroatoms. The molecular formula is C13H10N2O5. The third-order valence-corrected chi connectivity index (χ3v) is 2.61. The van der Waals surface area contributed by atoms with Gasteiger partial charge in [0.15, 0.2) is 0 Å². The van der Waals surface area contributed by atoms with E-state index in [0.29, 0.717) is 11.3 Å². The molecule has 7 nitrogen and oxygen atoms in total. The summed E-state index contributed by atoms with van der Waals surface area (Å²) in [5.41, 5.74) is -0.440. The smallest absolute Gasteiger partial charge is 0.318 e. The van der Waals surface area contributed by atoms with E-state index in [1.807, 2.05) is 0 Å². The third kappa shape index (κ3) is 2.72. The summed E-state index contributed by atoms with van der Waals surface area (Å²) in [6.07, 6.45) is 0. The van der Waals surface area contributed by atoms with Gasteiger partial charge in [0.25, 0.3) is 5.69 Å². The molecule has 0 amide bonds. The fourth-order valence-electron chi connectivity index (χ4n) is 1.72. The van der Waals surface area contributed by atoms with Crippen LogP contribution in [0.3, 0.4) is 0 Å². The van der Waals surface area contributed by atoms with Crippen molar-refractivity contribution in [2.75, 3.05) is 0 Å². The Kier molecular flexibility index (Phi) is 3.60. The van der Waals surface area contributed by atoms with Crippen LogP contribution in [0.5, 0.6) is 11.5 Å². The van der Waals surface area contributed by atoms with Gasteiger partial charge >= 0.3 is 5.69 Å². The highest BCUT2D eigenvalue weighted by Crippen LogP contribution is 2.37. The second-order valence-electron chi connectivity index (χ2n) is 4.04. The number of para-hydroxylation sites is 1. The maximum Gasteiger partial charge on any atom is 0.318 e. The van der Waals surface area contributed by atoms with E-state index in [2.05, 4.69) is 0 Å². The number of rotatable bonds is 4. The number of hydrogen-bond acceptors (Lipinski definition) is 5. The molecule has 0 aliphatic carbocycles. The normalized spacial score (nSPS) is 10.1. The molecule has 2 aromatic carbocycles. The Morgan fingerprint density at radius 1 is 1.00 bits per heavy atom. The Hall–Kier alpha value is -2.96. The molecule has 0 heterocycles. The van der Waals surface area contributed by atoms with Crippen molar-refractivity contribution in [2.24, 2.45) is 0 Å². The van der Waals surface area contributed by atoms with E-state index in [0.717, 1.165) is 6.07 Å². The van der Waals surface area contributed by atoms with E-state index in [9.17, 15) is 20.2 Å². The van der Waals surface area contributed by atoms with E-state index >= 15 is 0 Å². The Morgan fingerprint density at radius 3 is 2.20 bits per heavy atom. The number of hydrogen-bond donors (Lipinski definition) is 0. The van der Waals surface area contributed by atoms with Crippen LogP contribution in [-0.2, 0) is 0 Å². The molecular weight excluding hydrogens is 264 g/mol. The van der Waals surface area contributed by atoms with Gasteiger partial charge in [0.05, 0.1) is 15.9 Å². The number of nitro groups is 2. The van der Waals surface area contributed by atoms with Gasteiger partial charge in [-0.05, 0) is 19.1 Å². The first-order valence-corrected chi connectivity index (χ1v) is 5.65. The Labute approximate surface area is 113 Å². The van der Waals surface area contributed by atoms with Crippen molar-refractivity contribution in [3.8, 4) is 11.5 Å². The summed E-state index contributed by atoms with van der Waals surface area (Å²) in [4.78, 5) is 20.4. The van der Waals surface area contributed by atoms with Crippen molar-refractivity contribution < 1.29 is 14.6 Å². The molecule has 0 aliphatic heterocycles. The fraction of sp³-hybridized carbons (Fsp3) is 0.0769. The maximum absolute atomic E-state index is 11.0. The number of nitro benzene ring substituents is 2. The third-order valence-electron chi connectivity index (χ3n) is 2.61. The second kappa shape index (κ2) is 5.35. The number of nitrogens with zero attached hydrogens (tertiary/aromatic N) is 2. The van der Waals surface area contributed by atoms with Crippen LogP contribution in [0, 0.1) is 27.2 Å². The van der Waals surface area contributed by atoms with Gasteiger partial charge in [0.2, 0.25) is 5.75 Å². The first kappa shape index (κ1) is 13.5. The van der Waals surface area contributed by atoms with E-state index in [1.54, 1.807) is 30.3 Å². The van der Waals surface area contributed by atoms with Gasteiger partial charge in [0, 0.05) is 11.6 Å². The first-order valence-electron chi connectivity index (χ1n) is 5.65. The number of benzene rings is 2. The second-order valence-corrected chi connectivity index (χ2v) is 4.04. The van der Waals surface area contributed by atoms with E-state index in [1.165, 1.54) is 13.0 Å². The zero-order valence-corrected chi connectivity index (χ0v) is 10.5. The molecule has 0 spiro atoms. The molecule has 0 saturated heterocycles. The lowest BCUT2D eigenvalue weighted by molar-refractivity contribution is -0.394. The fourth-order valence-corrected chi connectivity index (χ4v) is 1.72. The zero-order chi connectivity index (χ0) is 14.7. The molecule has 0 unspecified atom stereocenters. The standard InChI is InChI=1S/C13H10N2O5/c1-9-7-10(14(16)17)8-12(15(18)19)13(9)20-11-5-3-2-4-6-11/h2-8H,1H3. The van der Waals surface area contributed by atoms with Gasteiger partial charge in [-0.2, -0.15) is 0 Å². The van der Waals surface area contributed by atoms with Crippen LogP contribution in [-0.4, -0.2) is 9.85 Å². The highest BCUT2D eigenvalue weighted by Gasteiger charge is 2.24. The van der Waals surface area contributed by atoms with Gasteiger partial charge < -0.3 is 4.74 Å². The van der Waals surface area contributed by atoms with Crippen LogP contribution in [0.15, 0.2) is 42.5 Å². The van der Waals surface area contributed by atoms with Gasteiger partial charge in [-0.3, -0.25) is 20.2 Å². The summed E-state index contributed by atoms with van der Waals surface area (Å²) in [6.45, 7) is 1.53. The first-order chi connectivity index (χ1) is 9.49. The Balaban J connectivity index is 2.51. The summed E-state index contributed by atoms with van der Waals surface area (Å²) in [5, 5.41) is 21.8. The summed E-state index contributed by atoms with van der Waals surface area (Å²) >= 11 is 0. The quantitative estimate of drug-likeness (QED) is 0.626. The molecule has 2 rings (SSSR count). The molecule has 0 bridgehead atoms. The minimum atomic E-state index is -0.696. The summed E-state index contributed by atoms with van der Waals surface area (Å²) < 4.78 is 5.47. The SMILES string of the molecule is Cc1cc([N+](=O)[O-])cc([N+](=O)[O-])c1Oc1ccccc1. The lowest BCUT2D eigenvalue weighted by Crippen LogP contribution is -1.98. The summed E-state index contributed by atoms with van der Waals surface area (Å²) in [5.74, 6) is 0.430. The summed E-state index contributed by atoms with van der Waals surface area (Å²) in [6, 6.07) is 10.7. The van der Waals surface area contributed by atoms with Crippen LogP contribution < -0.4 is 4.74 Å². The molecule has 0 atom stereocenters. The minimum absolute atomic E-state index is 0.00630. The molecule has 0 aliphatic rings. The van der Waals surface area contributed by atoms with Crippen molar-refractivity contribution >= 4 is 11.4 Å². The molecule has 0 saturated carbocycles. The van der Waals surface area contributed by atoms with Crippen LogP contribution >= 0.6 is 0 Å². The number of non-ortho nitro benzene ring substituents is 1. The Bertz CT molecular complexity index is 670. The summed E-state index contributed by atoms with van der Waals surface area (Å²) in [7, 11) is 0. The lowest BCUT2D eigenvalue weighted by Gasteiger charge is -2.08. The monoisotopic (exact) mass is 274 g/mol. The van der Waals surface area contributed by atoms with E-state index < -0.39 is 15.5 Å². The van der Waals surface area contributed by atoms with Crippen molar-refractivity contribution in [3.63, 3.8) is 0 Å². The maximum atomic E-state index is 11.0. The predicted octanol–water partition coefficient (Wildman–Crippen LogP) is 3.60. The van der Waals surface area contributed by atoms with Gasteiger partial charge in [-0.1, -0.05) is 18.2 Å². The van der Waals surface area contributed by atoms with Gasteiger partial charge in [-0.25, -0.2) is 0 Å². The largest absolute Gasteiger partial charge is 0.450 e. The van der Waals surface area contributed by atoms with Crippen molar-refractivity contribution in [2.45, 2.75) is 6.92 Å². The average molecular weight is 274 g/mol. The molecule has 102 valence electrons. The minimum Gasteiger partial charge on any atom is -0.450 e. The molecule has 0 aromatic heterocycles. The highest BCUT2D eigenvalue weighted by molar-refractivity contribution is 5.59. The molecule has 0 N–H and O–H groups in total. The zero-order valence-electron chi connectivity index (χ0n) is 10.5. The van der Waals surface area contributed by atoms with Gasteiger partial charge in [0.1, 0.15) is 5.75 Å². The van der Waals surface area contributed by atoms with Crippen molar-refractivity contribution in [3.05, 3.63) is 68.3 Å². The van der Waals surface area contributed by atoms with Gasteiger partial charge in [-0.15, -0.1) is 0 Å².